The molecule has 12 rings (SSSR count). The SMILES string of the molecule is [2H]C([2H])([2H])c1cc2c3c(c1)N(c1ccc(C(C)(C)c4ccccc4)cc1-c1cccc(C(C)(C)C)c1)c1cc(C(C)(C)c4ccccc4)ccc1B3c1cc3c(cc1N2c1ccc2c(c1)C(C)(C)CCC2(C)C)C(C)(C)CCC3(C)C. The topological polar surface area (TPSA) is 6.48 Å². The van der Waals surface area contributed by atoms with E-state index in [2.05, 4.69) is 265 Å². The van der Waals surface area contributed by atoms with Gasteiger partial charge in [0.05, 0.1) is 5.69 Å². The van der Waals surface area contributed by atoms with Gasteiger partial charge in [0, 0.05) is 48.9 Å². The zero-order valence-corrected chi connectivity index (χ0v) is 49.4. The smallest absolute Gasteiger partial charge is 0.252 e. The zero-order chi connectivity index (χ0) is 57.8. The first-order valence-corrected chi connectivity index (χ1v) is 29.0. The molecule has 8 aromatic rings. The van der Waals surface area contributed by atoms with Crippen molar-refractivity contribution in [2.75, 3.05) is 9.80 Å². The van der Waals surface area contributed by atoms with E-state index in [0.29, 0.717) is 5.56 Å². The summed E-state index contributed by atoms with van der Waals surface area (Å²) in [5, 5.41) is 0. The van der Waals surface area contributed by atoms with Crippen LogP contribution in [0.2, 0.25) is 0 Å². The summed E-state index contributed by atoms with van der Waals surface area (Å²) in [4.78, 5) is 4.97. The summed E-state index contributed by atoms with van der Waals surface area (Å²) in [6.07, 6.45) is 4.39. The van der Waals surface area contributed by atoms with Gasteiger partial charge in [-0.2, -0.15) is 0 Å². The van der Waals surface area contributed by atoms with Crippen LogP contribution in [-0.2, 0) is 37.9 Å². The Hall–Kier alpha value is -6.58. The quantitative estimate of drug-likeness (QED) is 0.147. The second kappa shape index (κ2) is 17.7. The highest BCUT2D eigenvalue weighted by atomic mass is 15.2. The van der Waals surface area contributed by atoms with Crippen LogP contribution >= 0.6 is 0 Å². The predicted molar refractivity (Wildman–Crippen MR) is 337 cm³/mol. The van der Waals surface area contributed by atoms with Gasteiger partial charge in [0.2, 0.25) is 0 Å². The van der Waals surface area contributed by atoms with Gasteiger partial charge in [-0.25, -0.2) is 0 Å². The molecule has 396 valence electrons. The number of fused-ring (bicyclic) bond motifs is 6. The molecule has 0 aromatic heterocycles. The Labute approximate surface area is 473 Å². The number of rotatable bonds is 7. The van der Waals surface area contributed by atoms with Gasteiger partial charge >= 0.3 is 0 Å². The molecule has 0 N–H and O–H groups in total. The van der Waals surface area contributed by atoms with Crippen molar-refractivity contribution in [2.24, 2.45) is 0 Å². The van der Waals surface area contributed by atoms with Crippen LogP contribution in [-0.4, -0.2) is 6.71 Å². The van der Waals surface area contributed by atoms with Crippen LogP contribution in [0, 0.1) is 6.85 Å². The summed E-state index contributed by atoms with van der Waals surface area (Å²) in [5.41, 5.74) is 23.0. The second-order valence-electron chi connectivity index (χ2n) is 28.6. The molecular formula is C75H83BN2. The minimum atomic E-state index is -2.42. The van der Waals surface area contributed by atoms with Crippen molar-refractivity contribution in [3.8, 4) is 11.1 Å². The van der Waals surface area contributed by atoms with E-state index < -0.39 is 6.85 Å². The highest BCUT2D eigenvalue weighted by Gasteiger charge is 2.48. The van der Waals surface area contributed by atoms with Gasteiger partial charge in [-0.3, -0.25) is 0 Å². The minimum Gasteiger partial charge on any atom is -0.311 e. The lowest BCUT2D eigenvalue weighted by molar-refractivity contribution is 0.332. The van der Waals surface area contributed by atoms with E-state index in [1.807, 2.05) is 12.1 Å². The molecule has 0 saturated carbocycles. The summed E-state index contributed by atoms with van der Waals surface area (Å²) in [7, 11) is 0. The third-order valence-corrected chi connectivity index (χ3v) is 19.8. The standard InChI is InChI=1S/C75H83BN2/c1-48-40-66-68-67(41-48)78(63-35-31-53(74(13,14)50-25-19-17-20-26-50)43-56(63)49-24-23-29-52(42-49)69(2,3)4)64-44-54(75(15,16)51-27-21-18-22-28-51)30-34-61(64)76(68)62-46-59-60(73(11,12)39-38-72(59,9)10)47-65(62)77(66)55-32-33-57-58(45-55)71(7,8)37-36-70(57,5)6/h17-35,40-47H,36-39H2,1-16H3/i1D3. The molecule has 0 saturated heterocycles. The molecule has 3 heteroatoms. The molecule has 0 atom stereocenters. The van der Waals surface area contributed by atoms with Crippen LogP contribution in [0.15, 0.2) is 164 Å². The van der Waals surface area contributed by atoms with Gasteiger partial charge < -0.3 is 9.80 Å². The minimum absolute atomic E-state index is 0.0252. The first-order valence-electron chi connectivity index (χ1n) is 30.5. The summed E-state index contributed by atoms with van der Waals surface area (Å²) >= 11 is 0. The molecule has 78 heavy (non-hydrogen) atoms. The summed E-state index contributed by atoms with van der Waals surface area (Å²) in [6, 6.07) is 61.7. The fourth-order valence-electron chi connectivity index (χ4n) is 14.2. The Morgan fingerprint density at radius 3 is 1.50 bits per heavy atom. The number of hydrogen-bond acceptors (Lipinski definition) is 2. The zero-order valence-electron chi connectivity index (χ0n) is 52.4. The molecule has 0 amide bonds. The van der Waals surface area contributed by atoms with Gasteiger partial charge in [-0.05, 0) is 186 Å². The number of hydrogen-bond donors (Lipinski definition) is 0. The molecule has 0 radical (unpaired) electrons. The van der Waals surface area contributed by atoms with Crippen LogP contribution in [0.5, 0.6) is 0 Å². The van der Waals surface area contributed by atoms with Gasteiger partial charge in [0.1, 0.15) is 0 Å². The molecule has 0 bridgehead atoms. The normalized spacial score (nSPS) is 18.3. The molecule has 0 unspecified atom stereocenters. The lowest BCUT2D eigenvalue weighted by Crippen LogP contribution is -2.62. The predicted octanol–water partition coefficient (Wildman–Crippen LogP) is 18.4. The van der Waals surface area contributed by atoms with E-state index in [1.54, 1.807) is 0 Å². The molecular weight excluding hydrogens is 940 g/mol. The van der Waals surface area contributed by atoms with Crippen LogP contribution in [0.25, 0.3) is 11.1 Å². The van der Waals surface area contributed by atoms with Gasteiger partial charge in [-0.15, -0.1) is 0 Å². The van der Waals surface area contributed by atoms with Gasteiger partial charge in [-0.1, -0.05) is 219 Å². The lowest BCUT2D eigenvalue weighted by atomic mass is 9.33. The Bertz CT molecular complexity index is 3810. The van der Waals surface area contributed by atoms with Crippen molar-refractivity contribution in [2.45, 2.75) is 174 Å². The average molecular weight is 1030 g/mol. The van der Waals surface area contributed by atoms with Crippen molar-refractivity contribution in [3.05, 3.63) is 219 Å². The molecule has 2 nitrogen and oxygen atoms in total. The van der Waals surface area contributed by atoms with Crippen molar-refractivity contribution in [1.82, 2.24) is 0 Å². The first kappa shape index (κ1) is 48.5. The molecule has 4 aliphatic rings. The third-order valence-electron chi connectivity index (χ3n) is 19.8. The summed E-state index contributed by atoms with van der Waals surface area (Å²) in [6.45, 7) is 32.9. The Kier molecular flexibility index (Phi) is 11.0. The van der Waals surface area contributed by atoms with E-state index in [-0.39, 0.29) is 44.6 Å². The Balaban J connectivity index is 1.23. The van der Waals surface area contributed by atoms with E-state index in [1.165, 1.54) is 61.0 Å². The molecule has 0 fully saturated rings. The van der Waals surface area contributed by atoms with Crippen molar-refractivity contribution in [3.63, 3.8) is 0 Å². The van der Waals surface area contributed by atoms with Crippen LogP contribution in [0.4, 0.5) is 34.1 Å². The van der Waals surface area contributed by atoms with E-state index in [9.17, 15) is 4.11 Å². The van der Waals surface area contributed by atoms with Crippen LogP contribution in [0.1, 0.15) is 189 Å². The number of aryl methyl sites for hydroxylation is 1. The maximum atomic E-state index is 9.45. The molecule has 8 aromatic carbocycles. The number of nitrogens with zero attached hydrogens (tertiary/aromatic N) is 2. The van der Waals surface area contributed by atoms with Gasteiger partial charge in [0.25, 0.3) is 6.71 Å². The highest BCUT2D eigenvalue weighted by Crippen LogP contribution is 2.54. The second-order valence-corrected chi connectivity index (χ2v) is 28.6. The Morgan fingerprint density at radius 1 is 0.397 bits per heavy atom. The molecule has 2 heterocycles. The summed E-state index contributed by atoms with van der Waals surface area (Å²) in [5.74, 6) is 0. The van der Waals surface area contributed by atoms with Crippen LogP contribution < -0.4 is 26.2 Å². The first-order chi connectivity index (χ1) is 37.9. The highest BCUT2D eigenvalue weighted by molar-refractivity contribution is 7.00. The maximum Gasteiger partial charge on any atom is 0.252 e. The van der Waals surface area contributed by atoms with Crippen molar-refractivity contribution >= 4 is 57.2 Å². The van der Waals surface area contributed by atoms with Crippen molar-refractivity contribution in [1.29, 1.82) is 0 Å². The number of anilines is 6. The largest absolute Gasteiger partial charge is 0.311 e. The van der Waals surface area contributed by atoms with E-state index in [4.69, 9.17) is 0 Å². The Morgan fingerprint density at radius 2 is 0.910 bits per heavy atom. The third kappa shape index (κ3) is 8.26. The lowest BCUT2D eigenvalue weighted by Gasteiger charge is -2.48. The van der Waals surface area contributed by atoms with Crippen LogP contribution in [0.3, 0.4) is 0 Å². The fourth-order valence-corrected chi connectivity index (χ4v) is 14.2. The summed E-state index contributed by atoms with van der Waals surface area (Å²) < 4.78 is 28.3. The molecule has 0 spiro atoms. The van der Waals surface area contributed by atoms with Gasteiger partial charge in [0.15, 0.2) is 0 Å². The fraction of sp³-hybridized carbons (Fsp3) is 0.360. The number of benzene rings is 8. The average Bonchev–Trinajstić information content (AvgIpc) is 3.13. The van der Waals surface area contributed by atoms with Crippen molar-refractivity contribution < 1.29 is 4.11 Å². The maximum absolute atomic E-state index is 9.45. The van der Waals surface area contributed by atoms with E-state index >= 15 is 0 Å². The molecule has 2 aliphatic carbocycles. The molecule has 2 aliphatic heterocycles. The van der Waals surface area contributed by atoms with E-state index in [0.717, 1.165) is 76.4 Å². The monoisotopic (exact) mass is 1030 g/mol.